The Morgan fingerprint density at radius 1 is 1.36 bits per heavy atom. The largest absolute Gasteiger partial charge is 0.467 e. The molecule has 0 aromatic carbocycles. The summed E-state index contributed by atoms with van der Waals surface area (Å²) in [7, 11) is 0. The lowest BCUT2D eigenvalue weighted by Gasteiger charge is -2.23. The second-order valence-electron chi connectivity index (χ2n) is 5.97. The van der Waals surface area contributed by atoms with Crippen molar-refractivity contribution in [3.05, 3.63) is 41.7 Å². The van der Waals surface area contributed by atoms with Gasteiger partial charge in [0.1, 0.15) is 23.0 Å². The Kier molecular flexibility index (Phi) is 3.10. The molecular weight excluding hydrogens is 280 g/mol. The van der Waals surface area contributed by atoms with Crippen LogP contribution in [-0.4, -0.2) is 27.3 Å². The number of nitrogens with two attached hydrogens (primary N) is 1. The third-order valence-electron chi connectivity index (χ3n) is 4.40. The molecule has 114 valence electrons. The van der Waals surface area contributed by atoms with Crippen molar-refractivity contribution in [1.29, 1.82) is 0 Å². The van der Waals surface area contributed by atoms with Crippen LogP contribution >= 0.6 is 0 Å². The van der Waals surface area contributed by atoms with E-state index in [0.29, 0.717) is 18.0 Å². The van der Waals surface area contributed by atoms with Crippen molar-refractivity contribution >= 4 is 11.7 Å². The van der Waals surface area contributed by atoms with E-state index in [0.717, 1.165) is 37.3 Å². The summed E-state index contributed by atoms with van der Waals surface area (Å²) in [5.74, 6) is 2.18. The first kappa shape index (κ1) is 13.3. The normalized spacial score (nSPS) is 21.3. The molecule has 1 unspecified atom stereocenters. The fraction of sp³-hybridized carbons (Fsp3) is 0.438. The first-order valence-corrected chi connectivity index (χ1v) is 7.71. The number of nitrogens with zero attached hydrogens (tertiary/aromatic N) is 3. The Labute approximate surface area is 128 Å². The van der Waals surface area contributed by atoms with Crippen LogP contribution in [0.15, 0.2) is 29.0 Å². The Morgan fingerprint density at radius 2 is 2.23 bits per heavy atom. The smallest absolute Gasteiger partial charge is 0.259 e. The third kappa shape index (κ3) is 2.24. The number of aromatic nitrogens is 2. The molecule has 2 N–H and O–H groups in total. The second-order valence-corrected chi connectivity index (χ2v) is 5.97. The Bertz CT molecular complexity index is 694. The topological polar surface area (TPSA) is 85.2 Å². The molecule has 2 aromatic heterocycles. The summed E-state index contributed by atoms with van der Waals surface area (Å²) < 4.78 is 5.47. The molecule has 1 atom stereocenters. The molecule has 1 aliphatic carbocycles. The van der Waals surface area contributed by atoms with Crippen LogP contribution in [0, 0.1) is 0 Å². The van der Waals surface area contributed by atoms with Gasteiger partial charge in [0.2, 0.25) is 0 Å². The zero-order valence-corrected chi connectivity index (χ0v) is 12.2. The molecule has 6 nitrogen and oxygen atoms in total. The number of rotatable bonds is 3. The Hall–Kier alpha value is -2.37. The van der Waals surface area contributed by atoms with Crippen molar-refractivity contribution < 1.29 is 9.21 Å². The molecule has 4 rings (SSSR count). The van der Waals surface area contributed by atoms with Crippen molar-refractivity contribution in [2.45, 2.75) is 37.6 Å². The molecule has 6 heteroatoms. The van der Waals surface area contributed by atoms with Crippen molar-refractivity contribution in [3.63, 3.8) is 0 Å². The zero-order chi connectivity index (χ0) is 15.1. The molecule has 0 bridgehead atoms. The summed E-state index contributed by atoms with van der Waals surface area (Å²) in [6.45, 7) is 0.702. The van der Waals surface area contributed by atoms with Gasteiger partial charge in [0, 0.05) is 18.7 Å². The van der Waals surface area contributed by atoms with Gasteiger partial charge in [0.15, 0.2) is 0 Å². The number of furan rings is 1. The van der Waals surface area contributed by atoms with E-state index < -0.39 is 0 Å². The van der Waals surface area contributed by atoms with Gasteiger partial charge in [-0.1, -0.05) is 0 Å². The highest BCUT2D eigenvalue weighted by Gasteiger charge is 2.34. The minimum Gasteiger partial charge on any atom is -0.467 e. The van der Waals surface area contributed by atoms with Crippen LogP contribution < -0.4 is 5.73 Å². The maximum absolute atomic E-state index is 12.8. The first-order chi connectivity index (χ1) is 10.7. The van der Waals surface area contributed by atoms with E-state index in [1.807, 2.05) is 17.0 Å². The maximum atomic E-state index is 12.8. The van der Waals surface area contributed by atoms with Crippen LogP contribution in [0.25, 0.3) is 0 Å². The van der Waals surface area contributed by atoms with Crippen LogP contribution in [0.5, 0.6) is 0 Å². The highest BCUT2D eigenvalue weighted by atomic mass is 16.3. The summed E-state index contributed by atoms with van der Waals surface area (Å²) in [5.41, 5.74) is 6.39. The van der Waals surface area contributed by atoms with E-state index >= 15 is 0 Å². The number of hydrogen-bond donors (Lipinski definition) is 1. The number of nitrogen functional groups attached to an aromatic ring is 1. The minimum atomic E-state index is -0.112. The Morgan fingerprint density at radius 3 is 2.91 bits per heavy atom. The third-order valence-corrected chi connectivity index (χ3v) is 4.40. The quantitative estimate of drug-likeness (QED) is 0.941. The molecule has 0 radical (unpaired) electrons. The molecule has 0 spiro atoms. The van der Waals surface area contributed by atoms with Gasteiger partial charge < -0.3 is 15.1 Å². The van der Waals surface area contributed by atoms with Crippen molar-refractivity contribution in [3.8, 4) is 0 Å². The highest BCUT2D eigenvalue weighted by molar-refractivity contribution is 5.98. The van der Waals surface area contributed by atoms with Crippen LogP contribution in [0.2, 0.25) is 0 Å². The van der Waals surface area contributed by atoms with Gasteiger partial charge in [-0.2, -0.15) is 0 Å². The lowest BCUT2D eigenvalue weighted by Crippen LogP contribution is -2.31. The average Bonchev–Trinajstić information content (AvgIpc) is 3.02. The zero-order valence-electron chi connectivity index (χ0n) is 12.2. The summed E-state index contributed by atoms with van der Waals surface area (Å²) in [6.07, 6.45) is 7.30. The van der Waals surface area contributed by atoms with E-state index in [1.54, 1.807) is 12.5 Å². The predicted molar refractivity (Wildman–Crippen MR) is 80.1 cm³/mol. The SMILES string of the molecule is Nc1nc(C2CC2)ncc1C(=O)N1CCCC1c1ccco1. The van der Waals surface area contributed by atoms with Gasteiger partial charge in [-0.25, -0.2) is 9.97 Å². The summed E-state index contributed by atoms with van der Waals surface area (Å²) in [6, 6.07) is 3.73. The van der Waals surface area contributed by atoms with Crippen molar-refractivity contribution in [1.82, 2.24) is 14.9 Å². The Balaban J connectivity index is 1.60. The van der Waals surface area contributed by atoms with E-state index in [2.05, 4.69) is 9.97 Å². The van der Waals surface area contributed by atoms with E-state index in [9.17, 15) is 4.79 Å². The fourth-order valence-electron chi connectivity index (χ4n) is 3.05. The molecule has 1 saturated heterocycles. The van der Waals surface area contributed by atoms with E-state index in [1.165, 1.54) is 0 Å². The van der Waals surface area contributed by atoms with E-state index in [-0.39, 0.29) is 17.8 Å². The lowest BCUT2D eigenvalue weighted by molar-refractivity contribution is 0.0720. The van der Waals surface area contributed by atoms with Gasteiger partial charge in [-0.15, -0.1) is 0 Å². The first-order valence-electron chi connectivity index (χ1n) is 7.71. The summed E-state index contributed by atoms with van der Waals surface area (Å²) in [4.78, 5) is 23.2. The highest BCUT2D eigenvalue weighted by Crippen LogP contribution is 2.38. The van der Waals surface area contributed by atoms with Crippen LogP contribution in [0.4, 0.5) is 5.82 Å². The van der Waals surface area contributed by atoms with Gasteiger partial charge >= 0.3 is 0 Å². The second kappa shape index (κ2) is 5.12. The van der Waals surface area contributed by atoms with Crippen LogP contribution in [0.1, 0.15) is 59.6 Å². The predicted octanol–water partition coefficient (Wildman–Crippen LogP) is 2.51. The minimum absolute atomic E-state index is 0.0231. The van der Waals surface area contributed by atoms with Crippen LogP contribution in [0.3, 0.4) is 0 Å². The standard InChI is InChI=1S/C16H18N4O2/c17-14-11(9-18-15(19-14)10-5-6-10)16(21)20-7-1-3-12(20)13-4-2-8-22-13/h2,4,8-10,12H,1,3,5-7H2,(H2,17,18,19). The van der Waals surface area contributed by atoms with Gasteiger partial charge in [0.05, 0.1) is 12.3 Å². The number of carbonyl (C=O) groups excluding carboxylic acids is 1. The molecule has 2 aliphatic rings. The molecular formula is C16H18N4O2. The van der Waals surface area contributed by atoms with Gasteiger partial charge in [-0.3, -0.25) is 4.79 Å². The molecule has 1 amide bonds. The maximum Gasteiger partial charge on any atom is 0.259 e. The van der Waals surface area contributed by atoms with Gasteiger partial charge in [-0.05, 0) is 37.8 Å². The molecule has 1 aliphatic heterocycles. The number of anilines is 1. The molecule has 1 saturated carbocycles. The molecule has 2 fully saturated rings. The molecule has 2 aromatic rings. The number of amides is 1. The molecule has 3 heterocycles. The summed E-state index contributed by atoms with van der Waals surface area (Å²) >= 11 is 0. The lowest BCUT2D eigenvalue weighted by atomic mass is 10.1. The number of likely N-dealkylation sites (tertiary alicyclic amines) is 1. The average molecular weight is 298 g/mol. The molecule has 22 heavy (non-hydrogen) atoms. The monoisotopic (exact) mass is 298 g/mol. The fourth-order valence-corrected chi connectivity index (χ4v) is 3.05. The van der Waals surface area contributed by atoms with E-state index in [4.69, 9.17) is 10.2 Å². The van der Waals surface area contributed by atoms with Crippen LogP contribution in [-0.2, 0) is 0 Å². The van der Waals surface area contributed by atoms with Crippen molar-refractivity contribution in [2.75, 3.05) is 12.3 Å². The number of carbonyl (C=O) groups is 1. The van der Waals surface area contributed by atoms with Gasteiger partial charge in [0.25, 0.3) is 5.91 Å². The number of hydrogen-bond acceptors (Lipinski definition) is 5. The summed E-state index contributed by atoms with van der Waals surface area (Å²) in [5, 5.41) is 0. The van der Waals surface area contributed by atoms with Crippen molar-refractivity contribution in [2.24, 2.45) is 0 Å².